The molecule has 76 valence electrons. The lowest BCUT2D eigenvalue weighted by Gasteiger charge is -2.16. The molecule has 1 saturated carbocycles. The van der Waals surface area contributed by atoms with Crippen molar-refractivity contribution in [2.75, 3.05) is 7.05 Å². The van der Waals surface area contributed by atoms with Gasteiger partial charge in [0.1, 0.15) is 0 Å². The second-order valence-electron chi connectivity index (χ2n) is 3.88. The molecule has 0 atom stereocenters. The summed E-state index contributed by atoms with van der Waals surface area (Å²) < 4.78 is 1.15. The molecule has 0 heterocycles. The molecular weight excluding hydrogens is 261 g/mol. The molecule has 1 fully saturated rings. The Morgan fingerprint density at radius 1 is 1.50 bits per heavy atom. The van der Waals surface area contributed by atoms with Crippen LogP contribution < -0.4 is 0 Å². The summed E-state index contributed by atoms with van der Waals surface area (Å²) in [7, 11) is 2.17. The number of hydrogen-bond donors (Lipinski definition) is 0. The van der Waals surface area contributed by atoms with Gasteiger partial charge in [0.2, 0.25) is 0 Å². The van der Waals surface area contributed by atoms with E-state index in [2.05, 4.69) is 27.9 Å². The van der Waals surface area contributed by atoms with Crippen LogP contribution in [0.1, 0.15) is 18.4 Å². The molecule has 0 amide bonds. The van der Waals surface area contributed by atoms with Crippen LogP contribution in [-0.4, -0.2) is 18.0 Å². The molecule has 2 rings (SSSR count). The summed E-state index contributed by atoms with van der Waals surface area (Å²) in [6, 6.07) is 6.75. The van der Waals surface area contributed by atoms with Gasteiger partial charge >= 0.3 is 0 Å². The van der Waals surface area contributed by atoms with Crippen LogP contribution in [0.25, 0.3) is 0 Å². The highest BCUT2D eigenvalue weighted by Gasteiger charge is 2.26. The van der Waals surface area contributed by atoms with Crippen molar-refractivity contribution in [3.05, 3.63) is 33.3 Å². The Morgan fingerprint density at radius 2 is 2.21 bits per heavy atom. The lowest BCUT2D eigenvalue weighted by atomic mass is 10.2. The second kappa shape index (κ2) is 4.21. The normalized spacial score (nSPS) is 16.3. The van der Waals surface area contributed by atoms with E-state index in [0.29, 0.717) is 0 Å². The maximum Gasteiger partial charge on any atom is 0.0410 e. The van der Waals surface area contributed by atoms with E-state index in [0.717, 1.165) is 22.1 Å². The molecule has 3 heteroatoms. The Hall–Kier alpha value is -0.0500. The lowest BCUT2D eigenvalue weighted by molar-refractivity contribution is 0.316. The molecule has 14 heavy (non-hydrogen) atoms. The van der Waals surface area contributed by atoms with Gasteiger partial charge in [0.05, 0.1) is 0 Å². The summed E-state index contributed by atoms with van der Waals surface area (Å²) in [5.74, 6) is 0. The van der Waals surface area contributed by atoms with Gasteiger partial charge in [0, 0.05) is 22.1 Å². The van der Waals surface area contributed by atoms with Crippen molar-refractivity contribution in [3.8, 4) is 0 Å². The van der Waals surface area contributed by atoms with E-state index < -0.39 is 0 Å². The predicted molar refractivity (Wildman–Crippen MR) is 63.6 cm³/mol. The highest BCUT2D eigenvalue weighted by Crippen LogP contribution is 2.29. The average Bonchev–Trinajstić information content (AvgIpc) is 2.94. The minimum absolute atomic E-state index is 0.792. The third-order valence-corrected chi connectivity index (χ3v) is 3.61. The fraction of sp³-hybridized carbons (Fsp3) is 0.455. The number of nitrogens with zero attached hydrogens (tertiary/aromatic N) is 1. The molecule has 0 unspecified atom stereocenters. The molecule has 1 aliphatic carbocycles. The molecule has 0 aliphatic heterocycles. The van der Waals surface area contributed by atoms with Crippen LogP contribution in [0.2, 0.25) is 5.02 Å². The minimum Gasteiger partial charge on any atom is -0.299 e. The maximum atomic E-state index is 5.96. The van der Waals surface area contributed by atoms with Crippen molar-refractivity contribution in [2.24, 2.45) is 0 Å². The van der Waals surface area contributed by atoms with Crippen LogP contribution >= 0.6 is 27.5 Å². The molecule has 1 nitrogen and oxygen atoms in total. The van der Waals surface area contributed by atoms with E-state index in [1.165, 1.54) is 18.4 Å². The number of hydrogen-bond acceptors (Lipinski definition) is 1. The second-order valence-corrected chi connectivity index (χ2v) is 5.17. The first-order chi connectivity index (χ1) is 6.66. The first-order valence-corrected chi connectivity index (χ1v) is 5.98. The van der Waals surface area contributed by atoms with E-state index in [1.807, 2.05) is 18.2 Å². The summed E-state index contributed by atoms with van der Waals surface area (Å²) in [4.78, 5) is 2.39. The quantitative estimate of drug-likeness (QED) is 0.812. The van der Waals surface area contributed by atoms with Gasteiger partial charge in [0.15, 0.2) is 0 Å². The Balaban J connectivity index is 2.10. The van der Waals surface area contributed by atoms with Gasteiger partial charge in [-0.1, -0.05) is 27.5 Å². The Morgan fingerprint density at radius 3 is 2.86 bits per heavy atom. The van der Waals surface area contributed by atoms with Crippen LogP contribution in [0.5, 0.6) is 0 Å². The van der Waals surface area contributed by atoms with Crippen molar-refractivity contribution in [3.63, 3.8) is 0 Å². The third kappa shape index (κ3) is 2.50. The van der Waals surface area contributed by atoms with Gasteiger partial charge in [-0.3, -0.25) is 4.90 Å². The molecule has 1 aromatic rings. The maximum absolute atomic E-state index is 5.96. The molecule has 0 bridgehead atoms. The average molecular weight is 275 g/mol. The Kier molecular flexibility index (Phi) is 3.15. The summed E-state index contributed by atoms with van der Waals surface area (Å²) >= 11 is 9.50. The molecule has 1 aromatic carbocycles. The van der Waals surface area contributed by atoms with Crippen LogP contribution in [0.15, 0.2) is 22.7 Å². The largest absolute Gasteiger partial charge is 0.299 e. The molecule has 1 aliphatic rings. The smallest absolute Gasteiger partial charge is 0.0410 e. The molecule has 0 radical (unpaired) electrons. The molecule has 0 saturated heterocycles. The van der Waals surface area contributed by atoms with Crippen LogP contribution in [0, 0.1) is 0 Å². The lowest BCUT2D eigenvalue weighted by Crippen LogP contribution is -2.20. The summed E-state index contributed by atoms with van der Waals surface area (Å²) in [5.41, 5.74) is 1.27. The van der Waals surface area contributed by atoms with E-state index in [-0.39, 0.29) is 0 Å². The number of rotatable bonds is 3. The fourth-order valence-electron chi connectivity index (χ4n) is 1.58. The summed E-state index contributed by atoms with van der Waals surface area (Å²) in [6.45, 7) is 0.978. The molecule has 0 N–H and O–H groups in total. The molecule has 0 aromatic heterocycles. The third-order valence-electron chi connectivity index (χ3n) is 2.60. The van der Waals surface area contributed by atoms with Crippen LogP contribution in [0.3, 0.4) is 0 Å². The summed E-state index contributed by atoms with van der Waals surface area (Å²) in [6.07, 6.45) is 2.68. The van der Waals surface area contributed by atoms with Crippen molar-refractivity contribution < 1.29 is 0 Å². The molecular formula is C11H13BrClN. The Labute approximate surface area is 98.2 Å². The SMILES string of the molecule is CN(Cc1cc(Cl)ccc1Br)C1CC1. The van der Waals surface area contributed by atoms with E-state index in [9.17, 15) is 0 Å². The van der Waals surface area contributed by atoms with Gasteiger partial charge in [-0.25, -0.2) is 0 Å². The monoisotopic (exact) mass is 273 g/mol. The van der Waals surface area contributed by atoms with Gasteiger partial charge in [-0.05, 0) is 43.7 Å². The van der Waals surface area contributed by atoms with E-state index in [4.69, 9.17) is 11.6 Å². The van der Waals surface area contributed by atoms with Gasteiger partial charge in [0.25, 0.3) is 0 Å². The zero-order chi connectivity index (χ0) is 10.1. The van der Waals surface area contributed by atoms with E-state index in [1.54, 1.807) is 0 Å². The number of benzene rings is 1. The van der Waals surface area contributed by atoms with Crippen LogP contribution in [-0.2, 0) is 6.54 Å². The van der Waals surface area contributed by atoms with Crippen molar-refractivity contribution in [2.45, 2.75) is 25.4 Å². The number of halogens is 2. The Bertz CT molecular complexity index is 336. The highest BCUT2D eigenvalue weighted by molar-refractivity contribution is 9.10. The fourth-order valence-corrected chi connectivity index (χ4v) is 2.14. The highest BCUT2D eigenvalue weighted by atomic mass is 79.9. The topological polar surface area (TPSA) is 3.24 Å². The van der Waals surface area contributed by atoms with Gasteiger partial charge in [-0.2, -0.15) is 0 Å². The first-order valence-electron chi connectivity index (χ1n) is 4.81. The van der Waals surface area contributed by atoms with Crippen molar-refractivity contribution in [1.82, 2.24) is 4.90 Å². The van der Waals surface area contributed by atoms with Crippen molar-refractivity contribution in [1.29, 1.82) is 0 Å². The van der Waals surface area contributed by atoms with Gasteiger partial charge < -0.3 is 0 Å². The van der Waals surface area contributed by atoms with Crippen molar-refractivity contribution >= 4 is 27.5 Å². The summed E-state index contributed by atoms with van der Waals surface area (Å²) in [5, 5.41) is 0.812. The van der Waals surface area contributed by atoms with Gasteiger partial charge in [-0.15, -0.1) is 0 Å². The first kappa shape index (κ1) is 10.5. The van der Waals surface area contributed by atoms with Crippen LogP contribution in [0.4, 0.5) is 0 Å². The standard InChI is InChI=1S/C11H13BrClN/c1-14(10-3-4-10)7-8-6-9(13)2-5-11(8)12/h2,5-6,10H,3-4,7H2,1H3. The zero-order valence-electron chi connectivity index (χ0n) is 8.13. The minimum atomic E-state index is 0.792. The van der Waals surface area contributed by atoms with E-state index >= 15 is 0 Å². The zero-order valence-corrected chi connectivity index (χ0v) is 10.5. The predicted octanol–water partition coefficient (Wildman–Crippen LogP) is 3.70. The molecule has 0 spiro atoms.